The van der Waals surface area contributed by atoms with Crippen molar-refractivity contribution in [3.8, 4) is 0 Å². The maximum absolute atomic E-state index is 11.5. The van der Waals surface area contributed by atoms with Gasteiger partial charge in [0.25, 0.3) is 5.91 Å². The Labute approximate surface area is 102 Å². The molecule has 1 aromatic heterocycles. The van der Waals surface area contributed by atoms with Crippen LogP contribution in [0.2, 0.25) is 0 Å². The van der Waals surface area contributed by atoms with Crippen LogP contribution in [0.5, 0.6) is 0 Å². The van der Waals surface area contributed by atoms with Crippen molar-refractivity contribution in [3.63, 3.8) is 0 Å². The topological polar surface area (TPSA) is 107 Å². The number of hydrogen-bond donors (Lipinski definition) is 3. The molecule has 0 saturated heterocycles. The van der Waals surface area contributed by atoms with Gasteiger partial charge >= 0.3 is 5.97 Å². The predicted octanol–water partition coefficient (Wildman–Crippen LogP) is 0.814. The summed E-state index contributed by atoms with van der Waals surface area (Å²) in [5.41, 5.74) is 11.0. The largest absolute Gasteiger partial charge is 0.465 e. The van der Waals surface area contributed by atoms with Crippen molar-refractivity contribution in [1.82, 2.24) is 0 Å². The van der Waals surface area contributed by atoms with Crippen molar-refractivity contribution >= 4 is 33.9 Å². The number of anilines is 2. The smallest absolute Gasteiger partial charge is 0.343 e. The number of esters is 1. The van der Waals surface area contributed by atoms with E-state index in [1.54, 1.807) is 6.08 Å². The Morgan fingerprint density at radius 1 is 1.59 bits per heavy atom. The zero-order valence-corrected chi connectivity index (χ0v) is 10.1. The van der Waals surface area contributed by atoms with Crippen LogP contribution < -0.4 is 16.8 Å². The zero-order valence-electron chi connectivity index (χ0n) is 9.28. The maximum atomic E-state index is 11.5. The Balaban J connectivity index is 3.26. The average Bonchev–Trinajstić information content (AvgIpc) is 2.62. The molecule has 0 fully saturated rings. The summed E-state index contributed by atoms with van der Waals surface area (Å²) >= 11 is 1.02. The lowest BCUT2D eigenvalue weighted by atomic mass is 10.2. The van der Waals surface area contributed by atoms with Gasteiger partial charge in [-0.1, -0.05) is 6.08 Å². The highest BCUT2D eigenvalue weighted by Gasteiger charge is 2.24. The molecule has 0 unspecified atom stereocenters. The van der Waals surface area contributed by atoms with Crippen LogP contribution in [-0.4, -0.2) is 25.5 Å². The number of carbonyl (C=O) groups excluding carboxylic acids is 2. The Morgan fingerprint density at radius 2 is 2.24 bits per heavy atom. The summed E-state index contributed by atoms with van der Waals surface area (Å²) < 4.78 is 4.60. The molecule has 92 valence electrons. The molecule has 0 aliphatic rings. The van der Waals surface area contributed by atoms with Gasteiger partial charge < -0.3 is 21.5 Å². The molecule has 7 heteroatoms. The summed E-state index contributed by atoms with van der Waals surface area (Å²) in [6.07, 6.45) is 1.61. The minimum Gasteiger partial charge on any atom is -0.465 e. The number of nitrogen functional groups attached to an aromatic ring is 1. The molecule has 0 saturated carbocycles. The van der Waals surface area contributed by atoms with Gasteiger partial charge in [-0.15, -0.1) is 17.9 Å². The number of methoxy groups -OCH3 is 1. The first-order chi connectivity index (χ1) is 8.02. The molecule has 0 aliphatic carbocycles. The minimum atomic E-state index is -0.677. The molecule has 0 spiro atoms. The third-order valence-electron chi connectivity index (χ3n) is 1.97. The van der Waals surface area contributed by atoms with Crippen molar-refractivity contribution in [2.45, 2.75) is 0 Å². The maximum Gasteiger partial charge on any atom is 0.343 e. The van der Waals surface area contributed by atoms with Crippen LogP contribution in [0.25, 0.3) is 0 Å². The van der Waals surface area contributed by atoms with Crippen molar-refractivity contribution in [1.29, 1.82) is 0 Å². The highest BCUT2D eigenvalue weighted by Crippen LogP contribution is 2.35. The highest BCUT2D eigenvalue weighted by atomic mass is 32.1. The molecule has 0 radical (unpaired) electrons. The molecule has 6 nitrogen and oxygen atoms in total. The van der Waals surface area contributed by atoms with Crippen molar-refractivity contribution in [3.05, 3.63) is 23.1 Å². The SMILES string of the molecule is C=CCNc1sc(C(N)=O)c(N)c1C(=O)OC. The molecule has 0 bridgehead atoms. The first kappa shape index (κ1) is 13.0. The number of ether oxygens (including phenoxy) is 1. The third-order valence-corrected chi connectivity index (χ3v) is 3.14. The van der Waals surface area contributed by atoms with E-state index in [0.29, 0.717) is 11.5 Å². The van der Waals surface area contributed by atoms with Gasteiger partial charge in [-0.25, -0.2) is 4.79 Å². The second kappa shape index (κ2) is 5.35. The molecule has 0 aromatic carbocycles. The molecule has 5 N–H and O–H groups in total. The Morgan fingerprint density at radius 3 is 2.71 bits per heavy atom. The standard InChI is InChI=1S/C10H13N3O3S/c1-3-4-13-9-5(10(15)16-2)6(11)7(17-9)8(12)14/h3,13H,1,4,11H2,2H3,(H2,12,14). The molecule has 1 rings (SSSR count). The average molecular weight is 255 g/mol. The van der Waals surface area contributed by atoms with E-state index in [1.165, 1.54) is 7.11 Å². The molecular weight excluding hydrogens is 242 g/mol. The number of primary amides is 1. The van der Waals surface area contributed by atoms with E-state index in [4.69, 9.17) is 11.5 Å². The van der Waals surface area contributed by atoms with Crippen LogP contribution >= 0.6 is 11.3 Å². The van der Waals surface area contributed by atoms with Gasteiger partial charge in [0.05, 0.1) is 12.8 Å². The summed E-state index contributed by atoms with van der Waals surface area (Å²) in [7, 11) is 1.24. The molecule has 1 aromatic rings. The highest BCUT2D eigenvalue weighted by molar-refractivity contribution is 7.19. The van der Waals surface area contributed by atoms with Crippen LogP contribution in [0.1, 0.15) is 20.0 Å². The second-order valence-corrected chi connectivity index (χ2v) is 4.10. The normalized spacial score (nSPS) is 9.71. The van der Waals surface area contributed by atoms with E-state index in [-0.39, 0.29) is 16.1 Å². The lowest BCUT2D eigenvalue weighted by Crippen LogP contribution is -2.12. The fraction of sp³-hybridized carbons (Fsp3) is 0.200. The summed E-state index contributed by atoms with van der Waals surface area (Å²) in [6, 6.07) is 0. The first-order valence-corrected chi connectivity index (χ1v) is 5.49. The van der Waals surface area contributed by atoms with Crippen LogP contribution in [0.4, 0.5) is 10.7 Å². The number of hydrogen-bond acceptors (Lipinski definition) is 6. The van der Waals surface area contributed by atoms with Gasteiger partial charge in [-0.3, -0.25) is 4.79 Å². The van der Waals surface area contributed by atoms with Gasteiger partial charge in [0.15, 0.2) is 0 Å². The molecular formula is C10H13N3O3S. The molecule has 0 aliphatic heterocycles. The lowest BCUT2D eigenvalue weighted by molar-refractivity contribution is 0.0603. The number of carbonyl (C=O) groups is 2. The summed E-state index contributed by atoms with van der Waals surface area (Å²) in [5, 5.41) is 3.35. The number of rotatable bonds is 5. The van der Waals surface area contributed by atoms with E-state index in [1.807, 2.05) is 0 Å². The number of thiophene rings is 1. The molecule has 17 heavy (non-hydrogen) atoms. The Bertz CT molecular complexity index is 468. The monoisotopic (exact) mass is 255 g/mol. The van der Waals surface area contributed by atoms with Crippen LogP contribution in [0.15, 0.2) is 12.7 Å². The molecule has 0 atom stereocenters. The minimum absolute atomic E-state index is 0.0425. The van der Waals surface area contributed by atoms with Crippen molar-refractivity contribution in [2.75, 3.05) is 24.7 Å². The van der Waals surface area contributed by atoms with Gasteiger partial charge in [0.1, 0.15) is 15.4 Å². The number of amides is 1. The quantitative estimate of drug-likeness (QED) is 0.533. The van der Waals surface area contributed by atoms with E-state index >= 15 is 0 Å². The van der Waals surface area contributed by atoms with Crippen molar-refractivity contribution in [2.24, 2.45) is 5.73 Å². The van der Waals surface area contributed by atoms with E-state index in [9.17, 15) is 9.59 Å². The molecule has 1 amide bonds. The predicted molar refractivity (Wildman–Crippen MR) is 67.3 cm³/mol. The van der Waals surface area contributed by atoms with Gasteiger partial charge in [0, 0.05) is 6.54 Å². The van der Waals surface area contributed by atoms with E-state index in [2.05, 4.69) is 16.6 Å². The Hall–Kier alpha value is -2.02. The van der Waals surface area contributed by atoms with Crippen molar-refractivity contribution < 1.29 is 14.3 Å². The Kier molecular flexibility index (Phi) is 4.11. The van der Waals surface area contributed by atoms with Crippen LogP contribution in [0, 0.1) is 0 Å². The summed E-state index contributed by atoms with van der Waals surface area (Å²) in [4.78, 5) is 22.8. The van der Waals surface area contributed by atoms with Gasteiger partial charge in [-0.05, 0) is 0 Å². The third kappa shape index (κ3) is 2.56. The number of nitrogens with one attached hydrogen (secondary N) is 1. The number of nitrogens with two attached hydrogens (primary N) is 2. The van der Waals surface area contributed by atoms with E-state index in [0.717, 1.165) is 11.3 Å². The summed E-state index contributed by atoms with van der Waals surface area (Å²) in [6.45, 7) is 3.97. The molecule has 1 heterocycles. The fourth-order valence-corrected chi connectivity index (χ4v) is 2.19. The van der Waals surface area contributed by atoms with Gasteiger partial charge in [0.2, 0.25) is 0 Å². The first-order valence-electron chi connectivity index (χ1n) is 4.68. The lowest BCUT2D eigenvalue weighted by Gasteiger charge is -2.03. The zero-order chi connectivity index (χ0) is 13.0. The van der Waals surface area contributed by atoms with E-state index < -0.39 is 11.9 Å². The second-order valence-electron chi connectivity index (χ2n) is 3.07. The fourth-order valence-electron chi connectivity index (χ4n) is 1.22. The van der Waals surface area contributed by atoms with Crippen LogP contribution in [-0.2, 0) is 4.74 Å². The van der Waals surface area contributed by atoms with Gasteiger partial charge in [-0.2, -0.15) is 0 Å². The summed E-state index contributed by atoms with van der Waals surface area (Å²) in [5.74, 6) is -1.29. The van der Waals surface area contributed by atoms with Crippen LogP contribution in [0.3, 0.4) is 0 Å².